The molecule has 0 radical (unpaired) electrons. The first kappa shape index (κ1) is 9.43. The van der Waals surface area contributed by atoms with Crippen LogP contribution >= 0.6 is 0 Å². The normalized spacial score (nSPS) is 13.3. The third kappa shape index (κ3) is 3.45. The van der Waals surface area contributed by atoms with Crippen molar-refractivity contribution in [1.82, 2.24) is 10.4 Å². The molecule has 10 heavy (non-hydrogen) atoms. The zero-order valence-electron chi connectivity index (χ0n) is 7.14. The van der Waals surface area contributed by atoms with E-state index in [1.54, 1.807) is 19.1 Å². The summed E-state index contributed by atoms with van der Waals surface area (Å²) in [5.41, 5.74) is 2.69. The van der Waals surface area contributed by atoms with Crippen LogP contribution in [0.5, 0.6) is 0 Å². The van der Waals surface area contributed by atoms with E-state index in [1.165, 1.54) is 0 Å². The van der Waals surface area contributed by atoms with Gasteiger partial charge in [0.15, 0.2) is 0 Å². The van der Waals surface area contributed by atoms with E-state index in [0.717, 1.165) is 6.42 Å². The topological polar surface area (TPSA) is 32.3 Å². The van der Waals surface area contributed by atoms with Gasteiger partial charge in [-0.1, -0.05) is 13.8 Å². The number of amides is 1. The second-order valence-corrected chi connectivity index (χ2v) is 2.68. The fourth-order valence-corrected chi connectivity index (χ4v) is 0.516. The Morgan fingerprint density at radius 1 is 1.60 bits per heavy atom. The van der Waals surface area contributed by atoms with Crippen LogP contribution in [-0.2, 0) is 4.79 Å². The van der Waals surface area contributed by atoms with Crippen molar-refractivity contribution in [3.63, 3.8) is 0 Å². The van der Waals surface area contributed by atoms with Gasteiger partial charge >= 0.3 is 0 Å². The molecular formula is C7H16N2O. The summed E-state index contributed by atoms with van der Waals surface area (Å²) in [5.74, 6) is 0.204. The van der Waals surface area contributed by atoms with Crippen molar-refractivity contribution in [2.75, 3.05) is 14.1 Å². The van der Waals surface area contributed by atoms with Crippen molar-refractivity contribution < 1.29 is 4.79 Å². The lowest BCUT2D eigenvalue weighted by Crippen LogP contribution is -2.39. The van der Waals surface area contributed by atoms with Crippen molar-refractivity contribution in [1.29, 1.82) is 0 Å². The molecule has 0 aromatic rings. The van der Waals surface area contributed by atoms with Crippen molar-refractivity contribution in [3.05, 3.63) is 0 Å². The number of hydrogen-bond acceptors (Lipinski definition) is 2. The largest absolute Gasteiger partial charge is 0.289 e. The van der Waals surface area contributed by atoms with E-state index in [0.29, 0.717) is 0 Å². The van der Waals surface area contributed by atoms with Gasteiger partial charge in [0, 0.05) is 20.0 Å². The lowest BCUT2D eigenvalue weighted by Gasteiger charge is -2.14. The highest BCUT2D eigenvalue weighted by Crippen LogP contribution is 1.98. The summed E-state index contributed by atoms with van der Waals surface area (Å²) >= 11 is 0. The average Bonchev–Trinajstić information content (AvgIpc) is 1.85. The van der Waals surface area contributed by atoms with Gasteiger partial charge in [0.2, 0.25) is 5.91 Å². The van der Waals surface area contributed by atoms with Gasteiger partial charge in [-0.05, 0) is 6.42 Å². The van der Waals surface area contributed by atoms with E-state index >= 15 is 0 Å². The zero-order chi connectivity index (χ0) is 8.15. The molecule has 0 spiro atoms. The van der Waals surface area contributed by atoms with Gasteiger partial charge in [0.25, 0.3) is 0 Å². The Bertz CT molecular complexity index is 112. The fraction of sp³-hybridized carbons (Fsp3) is 0.857. The molecule has 0 fully saturated rings. The third-order valence-electron chi connectivity index (χ3n) is 1.39. The summed E-state index contributed by atoms with van der Waals surface area (Å²) < 4.78 is 0. The molecule has 0 saturated heterocycles. The molecule has 0 rings (SSSR count). The minimum absolute atomic E-state index is 0.0903. The minimum atomic E-state index is 0.0903. The smallest absolute Gasteiger partial charge is 0.237 e. The van der Waals surface area contributed by atoms with Gasteiger partial charge in [-0.15, -0.1) is 0 Å². The highest BCUT2D eigenvalue weighted by atomic mass is 16.2. The number of carbonyl (C=O) groups excluding carboxylic acids is 1. The van der Waals surface area contributed by atoms with Crippen LogP contribution in [0.1, 0.15) is 20.3 Å². The minimum Gasteiger partial charge on any atom is -0.289 e. The van der Waals surface area contributed by atoms with Crippen LogP contribution < -0.4 is 5.43 Å². The summed E-state index contributed by atoms with van der Waals surface area (Å²) in [6, 6.07) is 0. The second kappa shape index (κ2) is 4.28. The van der Waals surface area contributed by atoms with Crippen LogP contribution in [0.25, 0.3) is 0 Å². The van der Waals surface area contributed by atoms with Crippen LogP contribution in [-0.4, -0.2) is 25.0 Å². The van der Waals surface area contributed by atoms with E-state index in [1.807, 2.05) is 13.8 Å². The van der Waals surface area contributed by atoms with Crippen molar-refractivity contribution in [2.45, 2.75) is 20.3 Å². The molecule has 3 nitrogen and oxygen atoms in total. The number of carbonyl (C=O) groups is 1. The molecule has 0 aromatic heterocycles. The third-order valence-corrected chi connectivity index (χ3v) is 1.39. The van der Waals surface area contributed by atoms with E-state index < -0.39 is 0 Å². The maximum atomic E-state index is 11.0. The average molecular weight is 144 g/mol. The van der Waals surface area contributed by atoms with Crippen LogP contribution in [0, 0.1) is 5.92 Å². The molecule has 1 amide bonds. The molecule has 1 unspecified atom stereocenters. The van der Waals surface area contributed by atoms with Gasteiger partial charge in [-0.25, -0.2) is 5.01 Å². The first-order chi connectivity index (χ1) is 4.57. The molecule has 1 atom stereocenters. The monoisotopic (exact) mass is 144 g/mol. The van der Waals surface area contributed by atoms with Crippen LogP contribution in [0.3, 0.4) is 0 Å². The van der Waals surface area contributed by atoms with Crippen molar-refractivity contribution >= 4 is 5.91 Å². The first-order valence-electron chi connectivity index (χ1n) is 3.55. The summed E-state index contributed by atoms with van der Waals surface area (Å²) in [4.78, 5) is 11.0. The molecule has 0 saturated carbocycles. The maximum Gasteiger partial charge on any atom is 0.237 e. The summed E-state index contributed by atoms with van der Waals surface area (Å²) in [5, 5.41) is 1.66. The lowest BCUT2D eigenvalue weighted by molar-refractivity contribution is -0.128. The van der Waals surface area contributed by atoms with Crippen molar-refractivity contribution in [3.8, 4) is 0 Å². The van der Waals surface area contributed by atoms with Gasteiger partial charge in [-0.3, -0.25) is 10.2 Å². The number of nitrogens with zero attached hydrogens (tertiary/aromatic N) is 1. The van der Waals surface area contributed by atoms with Crippen LogP contribution in [0.4, 0.5) is 0 Å². The number of nitrogens with one attached hydrogen (secondary N) is 1. The molecule has 0 heterocycles. The lowest BCUT2D eigenvalue weighted by atomic mass is 10.1. The molecule has 0 aromatic carbocycles. The summed E-state index contributed by atoms with van der Waals surface area (Å²) in [7, 11) is 3.61. The SMILES string of the molecule is CCC(C)C(=O)NN(C)C. The number of rotatable bonds is 3. The van der Waals surface area contributed by atoms with Gasteiger partial charge < -0.3 is 0 Å². The van der Waals surface area contributed by atoms with Gasteiger partial charge in [-0.2, -0.15) is 0 Å². The molecule has 0 aliphatic heterocycles. The molecule has 1 N–H and O–H groups in total. The molecular weight excluding hydrogens is 128 g/mol. The molecule has 0 bridgehead atoms. The molecule has 3 heteroatoms. The Balaban J connectivity index is 3.62. The Morgan fingerprint density at radius 3 is 2.40 bits per heavy atom. The predicted octanol–water partition coefficient (Wildman–Crippen LogP) is 0.625. The second-order valence-electron chi connectivity index (χ2n) is 2.68. The van der Waals surface area contributed by atoms with E-state index in [2.05, 4.69) is 5.43 Å². The van der Waals surface area contributed by atoms with Crippen LogP contribution in [0.15, 0.2) is 0 Å². The Morgan fingerprint density at radius 2 is 2.10 bits per heavy atom. The Kier molecular flexibility index (Phi) is 4.03. The van der Waals surface area contributed by atoms with Crippen LogP contribution in [0.2, 0.25) is 0 Å². The van der Waals surface area contributed by atoms with Gasteiger partial charge in [0.05, 0.1) is 0 Å². The predicted molar refractivity (Wildman–Crippen MR) is 41.3 cm³/mol. The highest BCUT2D eigenvalue weighted by molar-refractivity contribution is 5.77. The maximum absolute atomic E-state index is 11.0. The summed E-state index contributed by atoms with van der Waals surface area (Å²) in [6.45, 7) is 3.92. The molecule has 60 valence electrons. The Labute approximate surface area is 62.4 Å². The highest BCUT2D eigenvalue weighted by Gasteiger charge is 2.09. The first-order valence-corrected chi connectivity index (χ1v) is 3.55. The fourth-order valence-electron chi connectivity index (χ4n) is 0.516. The van der Waals surface area contributed by atoms with E-state index in [-0.39, 0.29) is 11.8 Å². The van der Waals surface area contributed by atoms with E-state index in [4.69, 9.17) is 0 Å². The van der Waals surface area contributed by atoms with Gasteiger partial charge in [0.1, 0.15) is 0 Å². The summed E-state index contributed by atoms with van der Waals surface area (Å²) in [6.07, 6.45) is 0.889. The zero-order valence-corrected chi connectivity index (χ0v) is 7.14. The van der Waals surface area contributed by atoms with Crippen molar-refractivity contribution in [2.24, 2.45) is 5.92 Å². The standard InChI is InChI=1S/C7H16N2O/c1-5-6(2)7(10)8-9(3)4/h6H,5H2,1-4H3,(H,8,10). The number of hydrogen-bond donors (Lipinski definition) is 1. The van der Waals surface area contributed by atoms with E-state index in [9.17, 15) is 4.79 Å². The molecule has 0 aliphatic rings. The number of hydrazine groups is 1. The Hall–Kier alpha value is -0.570. The molecule has 0 aliphatic carbocycles. The quantitative estimate of drug-likeness (QED) is 0.589.